The van der Waals surface area contributed by atoms with Gasteiger partial charge in [-0.3, -0.25) is 4.90 Å². The van der Waals surface area contributed by atoms with Crippen LogP contribution in [0.5, 0.6) is 0 Å². The third-order valence-corrected chi connectivity index (χ3v) is 3.89. The van der Waals surface area contributed by atoms with Crippen molar-refractivity contribution in [2.45, 2.75) is 19.1 Å². The summed E-state index contributed by atoms with van der Waals surface area (Å²) in [5.41, 5.74) is 0.0995. The van der Waals surface area contributed by atoms with E-state index in [2.05, 4.69) is 26.1 Å². The second-order valence-corrected chi connectivity index (χ2v) is 5.65. The van der Waals surface area contributed by atoms with E-state index in [1.54, 1.807) is 6.07 Å². The maximum Gasteiger partial charge on any atom is 0.416 e. The SMILES string of the molecule is C[C@H](c1cc(Br)cc(C(F)(F)F)c1)N1CCNCC1. The molecule has 0 bridgehead atoms. The van der Waals surface area contributed by atoms with Crippen molar-refractivity contribution >= 4 is 15.9 Å². The molecule has 6 heteroatoms. The van der Waals surface area contributed by atoms with Gasteiger partial charge in [-0.05, 0) is 30.7 Å². The Balaban J connectivity index is 2.26. The Labute approximate surface area is 119 Å². The quantitative estimate of drug-likeness (QED) is 0.890. The summed E-state index contributed by atoms with van der Waals surface area (Å²) in [5.74, 6) is 0. The van der Waals surface area contributed by atoms with Crippen LogP contribution in [0.2, 0.25) is 0 Å². The van der Waals surface area contributed by atoms with Gasteiger partial charge in [-0.1, -0.05) is 15.9 Å². The molecular formula is C13H16BrF3N2. The Kier molecular flexibility index (Phi) is 4.53. The topological polar surface area (TPSA) is 15.3 Å². The van der Waals surface area contributed by atoms with Crippen LogP contribution in [0.4, 0.5) is 13.2 Å². The van der Waals surface area contributed by atoms with Crippen LogP contribution in [-0.2, 0) is 6.18 Å². The third kappa shape index (κ3) is 3.70. The predicted molar refractivity (Wildman–Crippen MR) is 72.0 cm³/mol. The fourth-order valence-corrected chi connectivity index (χ4v) is 2.81. The van der Waals surface area contributed by atoms with E-state index in [0.717, 1.165) is 32.2 Å². The minimum absolute atomic E-state index is 0.0132. The minimum atomic E-state index is -4.30. The smallest absolute Gasteiger partial charge is 0.314 e. The highest BCUT2D eigenvalue weighted by Gasteiger charge is 2.32. The lowest BCUT2D eigenvalue weighted by Gasteiger charge is -2.33. The molecule has 0 radical (unpaired) electrons. The van der Waals surface area contributed by atoms with Gasteiger partial charge in [0, 0.05) is 36.7 Å². The summed E-state index contributed by atoms with van der Waals surface area (Å²) in [6, 6.07) is 4.12. The van der Waals surface area contributed by atoms with Crippen molar-refractivity contribution in [1.82, 2.24) is 10.2 Å². The molecule has 0 unspecified atom stereocenters. The van der Waals surface area contributed by atoms with E-state index in [1.165, 1.54) is 6.07 Å². The summed E-state index contributed by atoms with van der Waals surface area (Å²) in [6.45, 7) is 5.42. The molecule has 1 aliphatic rings. The van der Waals surface area contributed by atoms with Gasteiger partial charge in [0.1, 0.15) is 0 Å². The van der Waals surface area contributed by atoms with Crippen LogP contribution in [0.1, 0.15) is 24.1 Å². The van der Waals surface area contributed by atoms with Crippen molar-refractivity contribution in [3.63, 3.8) is 0 Å². The van der Waals surface area contributed by atoms with E-state index < -0.39 is 11.7 Å². The normalized spacial score (nSPS) is 19.4. The second kappa shape index (κ2) is 5.81. The molecule has 19 heavy (non-hydrogen) atoms. The Hall–Kier alpha value is -0.590. The lowest BCUT2D eigenvalue weighted by atomic mass is 10.0. The summed E-state index contributed by atoms with van der Waals surface area (Å²) in [6.07, 6.45) is -4.30. The number of benzene rings is 1. The summed E-state index contributed by atoms with van der Waals surface area (Å²) >= 11 is 3.17. The van der Waals surface area contributed by atoms with Crippen molar-refractivity contribution in [3.8, 4) is 0 Å². The first-order valence-corrected chi connectivity index (χ1v) is 6.99. The first-order chi connectivity index (χ1) is 8.88. The third-order valence-electron chi connectivity index (χ3n) is 3.43. The van der Waals surface area contributed by atoms with Crippen molar-refractivity contribution in [1.29, 1.82) is 0 Å². The van der Waals surface area contributed by atoms with Gasteiger partial charge in [0.15, 0.2) is 0 Å². The number of hydrogen-bond donors (Lipinski definition) is 1. The van der Waals surface area contributed by atoms with Gasteiger partial charge in [0.2, 0.25) is 0 Å². The molecule has 0 saturated carbocycles. The van der Waals surface area contributed by atoms with Crippen LogP contribution in [0.15, 0.2) is 22.7 Å². The Bertz CT molecular complexity index is 442. The molecule has 0 aliphatic carbocycles. The molecule has 1 saturated heterocycles. The Morgan fingerprint density at radius 1 is 1.21 bits per heavy atom. The van der Waals surface area contributed by atoms with Crippen molar-refractivity contribution in [2.75, 3.05) is 26.2 Å². The van der Waals surface area contributed by atoms with Gasteiger partial charge < -0.3 is 5.32 Å². The molecule has 2 nitrogen and oxygen atoms in total. The first kappa shape index (κ1) is 14.8. The molecule has 0 amide bonds. The van der Waals surface area contributed by atoms with Gasteiger partial charge in [0.05, 0.1) is 5.56 Å². The largest absolute Gasteiger partial charge is 0.416 e. The van der Waals surface area contributed by atoms with E-state index >= 15 is 0 Å². The number of alkyl halides is 3. The maximum atomic E-state index is 12.8. The fourth-order valence-electron chi connectivity index (χ4n) is 2.30. The van der Waals surface area contributed by atoms with Crippen molar-refractivity contribution in [2.24, 2.45) is 0 Å². The van der Waals surface area contributed by atoms with Gasteiger partial charge >= 0.3 is 6.18 Å². The molecule has 1 atom stereocenters. The molecule has 1 heterocycles. The first-order valence-electron chi connectivity index (χ1n) is 6.20. The monoisotopic (exact) mass is 336 g/mol. The summed E-state index contributed by atoms with van der Waals surface area (Å²) in [5, 5.41) is 3.24. The van der Waals surface area contributed by atoms with Gasteiger partial charge in [-0.2, -0.15) is 13.2 Å². The van der Waals surface area contributed by atoms with Crippen LogP contribution < -0.4 is 5.32 Å². The number of halogens is 4. The zero-order valence-corrected chi connectivity index (χ0v) is 12.2. The lowest BCUT2D eigenvalue weighted by Crippen LogP contribution is -2.44. The fraction of sp³-hybridized carbons (Fsp3) is 0.538. The standard InChI is InChI=1S/C13H16BrF3N2/c1-9(19-4-2-18-3-5-19)10-6-11(13(15,16)17)8-12(14)7-10/h6-9,18H,2-5H2,1H3/t9-/m1/s1. The van der Waals surface area contributed by atoms with Crippen LogP contribution in [-0.4, -0.2) is 31.1 Å². The lowest BCUT2D eigenvalue weighted by molar-refractivity contribution is -0.137. The van der Waals surface area contributed by atoms with Crippen LogP contribution >= 0.6 is 15.9 Å². The highest BCUT2D eigenvalue weighted by molar-refractivity contribution is 9.10. The summed E-state index contributed by atoms with van der Waals surface area (Å²) in [4.78, 5) is 2.19. The van der Waals surface area contributed by atoms with Crippen LogP contribution in [0.3, 0.4) is 0 Å². The Morgan fingerprint density at radius 2 is 1.84 bits per heavy atom. The number of nitrogens with zero attached hydrogens (tertiary/aromatic N) is 1. The molecular weight excluding hydrogens is 321 g/mol. The average Bonchev–Trinajstić information content (AvgIpc) is 2.37. The Morgan fingerprint density at radius 3 is 2.42 bits per heavy atom. The van der Waals surface area contributed by atoms with Gasteiger partial charge in [-0.15, -0.1) is 0 Å². The highest BCUT2D eigenvalue weighted by Crippen LogP contribution is 2.34. The molecule has 0 spiro atoms. The predicted octanol–water partition coefficient (Wildman–Crippen LogP) is 3.43. The molecule has 1 N–H and O–H groups in total. The number of rotatable bonds is 2. The molecule has 2 rings (SSSR count). The summed E-state index contributed by atoms with van der Waals surface area (Å²) < 4.78 is 38.9. The van der Waals surface area contributed by atoms with Crippen LogP contribution in [0, 0.1) is 0 Å². The van der Waals surface area contributed by atoms with E-state index in [4.69, 9.17) is 0 Å². The van der Waals surface area contributed by atoms with E-state index in [0.29, 0.717) is 10.0 Å². The number of hydrogen-bond acceptors (Lipinski definition) is 2. The van der Waals surface area contributed by atoms with Crippen LogP contribution in [0.25, 0.3) is 0 Å². The van der Waals surface area contributed by atoms with Crippen molar-refractivity contribution in [3.05, 3.63) is 33.8 Å². The second-order valence-electron chi connectivity index (χ2n) is 4.73. The molecule has 106 valence electrons. The van der Waals surface area contributed by atoms with Crippen molar-refractivity contribution < 1.29 is 13.2 Å². The molecule has 1 aromatic rings. The maximum absolute atomic E-state index is 12.8. The molecule has 1 fully saturated rings. The minimum Gasteiger partial charge on any atom is -0.314 e. The van der Waals surface area contributed by atoms with E-state index in [9.17, 15) is 13.2 Å². The molecule has 0 aromatic heterocycles. The zero-order chi connectivity index (χ0) is 14.0. The van der Waals surface area contributed by atoms with E-state index in [1.807, 2.05) is 6.92 Å². The molecule has 1 aromatic carbocycles. The number of piperazine rings is 1. The van der Waals surface area contributed by atoms with Gasteiger partial charge in [0.25, 0.3) is 0 Å². The summed E-state index contributed by atoms with van der Waals surface area (Å²) in [7, 11) is 0. The number of nitrogens with one attached hydrogen (secondary N) is 1. The zero-order valence-electron chi connectivity index (χ0n) is 10.6. The highest BCUT2D eigenvalue weighted by atomic mass is 79.9. The average molecular weight is 337 g/mol. The molecule has 1 aliphatic heterocycles. The van der Waals surface area contributed by atoms with E-state index in [-0.39, 0.29) is 6.04 Å². The van der Waals surface area contributed by atoms with Gasteiger partial charge in [-0.25, -0.2) is 0 Å².